The second kappa shape index (κ2) is 7.07. The van der Waals surface area contributed by atoms with Gasteiger partial charge in [0.05, 0.1) is 10.8 Å². The van der Waals surface area contributed by atoms with E-state index in [9.17, 15) is 9.59 Å². The van der Waals surface area contributed by atoms with Crippen LogP contribution in [0.3, 0.4) is 0 Å². The molecule has 0 bridgehead atoms. The number of carbonyl (C=O) groups excluding carboxylic acids is 1. The molecule has 21 heavy (non-hydrogen) atoms. The number of nitrogens with one attached hydrogen (secondary N) is 1. The van der Waals surface area contributed by atoms with Gasteiger partial charge in [-0.15, -0.1) is 11.3 Å². The van der Waals surface area contributed by atoms with Crippen molar-refractivity contribution >= 4 is 23.2 Å². The number of carboxylic acid groups (broad SMARTS) is 1. The minimum atomic E-state index is -0.682. The quantitative estimate of drug-likeness (QED) is 0.877. The zero-order chi connectivity index (χ0) is 15.4. The van der Waals surface area contributed by atoms with Crippen LogP contribution in [0.4, 0.5) is 0 Å². The maximum atomic E-state index is 12.1. The maximum Gasteiger partial charge on any atom is 0.306 e. The average Bonchev–Trinajstić information content (AvgIpc) is 2.86. The van der Waals surface area contributed by atoms with Gasteiger partial charge in [0, 0.05) is 11.4 Å². The van der Waals surface area contributed by atoms with Crippen LogP contribution in [0.5, 0.6) is 0 Å². The Balaban J connectivity index is 1.80. The smallest absolute Gasteiger partial charge is 0.306 e. The molecule has 116 valence electrons. The van der Waals surface area contributed by atoms with E-state index in [0.29, 0.717) is 12.5 Å². The minimum Gasteiger partial charge on any atom is -0.481 e. The van der Waals surface area contributed by atoms with E-state index in [2.05, 4.69) is 12.2 Å². The summed E-state index contributed by atoms with van der Waals surface area (Å²) in [5.74, 6) is -0.456. The molecular weight excluding hydrogens is 286 g/mol. The van der Waals surface area contributed by atoms with Gasteiger partial charge in [0.1, 0.15) is 0 Å². The first kappa shape index (κ1) is 16.0. The number of rotatable bonds is 5. The molecule has 4 nitrogen and oxygen atoms in total. The monoisotopic (exact) mass is 309 g/mol. The second-order valence-corrected chi connectivity index (χ2v) is 6.97. The molecule has 0 radical (unpaired) electrons. The molecule has 0 aromatic carbocycles. The van der Waals surface area contributed by atoms with Crippen molar-refractivity contribution in [3.05, 3.63) is 21.4 Å². The summed E-state index contributed by atoms with van der Waals surface area (Å²) in [4.78, 5) is 25.1. The van der Waals surface area contributed by atoms with E-state index in [-0.39, 0.29) is 11.8 Å². The fourth-order valence-electron chi connectivity index (χ4n) is 2.92. The highest BCUT2D eigenvalue weighted by molar-refractivity contribution is 7.14. The van der Waals surface area contributed by atoms with Crippen molar-refractivity contribution in [1.82, 2.24) is 5.32 Å². The predicted octanol–water partition coefficient (Wildman–Crippen LogP) is 3.24. The molecule has 1 aromatic rings. The zero-order valence-electron chi connectivity index (χ0n) is 12.6. The Kier molecular flexibility index (Phi) is 5.39. The number of amides is 1. The SMILES string of the molecule is CCc1sc(C(=O)NCC2CCC(C(=O)O)CC2)cc1C. The van der Waals surface area contributed by atoms with Crippen LogP contribution in [0.2, 0.25) is 0 Å². The van der Waals surface area contributed by atoms with Gasteiger partial charge in [-0.3, -0.25) is 9.59 Å². The van der Waals surface area contributed by atoms with E-state index in [4.69, 9.17) is 5.11 Å². The van der Waals surface area contributed by atoms with E-state index in [1.54, 1.807) is 11.3 Å². The van der Waals surface area contributed by atoms with E-state index in [1.807, 2.05) is 13.0 Å². The van der Waals surface area contributed by atoms with E-state index in [1.165, 1.54) is 10.4 Å². The van der Waals surface area contributed by atoms with E-state index in [0.717, 1.165) is 37.0 Å². The van der Waals surface area contributed by atoms with Gasteiger partial charge in [-0.1, -0.05) is 6.92 Å². The Bertz CT molecular complexity index is 516. The third-order valence-corrected chi connectivity index (χ3v) is 5.69. The number of thiophene rings is 1. The van der Waals surface area contributed by atoms with Gasteiger partial charge in [-0.2, -0.15) is 0 Å². The Hall–Kier alpha value is -1.36. The number of aryl methyl sites for hydroxylation is 2. The molecule has 0 aliphatic heterocycles. The van der Waals surface area contributed by atoms with Crippen molar-refractivity contribution in [3.63, 3.8) is 0 Å². The van der Waals surface area contributed by atoms with Crippen LogP contribution in [0.15, 0.2) is 6.07 Å². The fraction of sp³-hybridized carbons (Fsp3) is 0.625. The molecule has 0 unspecified atom stereocenters. The van der Waals surface area contributed by atoms with Gasteiger partial charge < -0.3 is 10.4 Å². The molecule has 1 saturated carbocycles. The normalized spacial score (nSPS) is 22.0. The molecule has 0 spiro atoms. The molecule has 0 atom stereocenters. The first-order valence-corrected chi connectivity index (χ1v) is 8.43. The van der Waals surface area contributed by atoms with Gasteiger partial charge >= 0.3 is 5.97 Å². The van der Waals surface area contributed by atoms with Gasteiger partial charge in [0.25, 0.3) is 5.91 Å². The molecule has 1 fully saturated rings. The largest absolute Gasteiger partial charge is 0.481 e. The lowest BCUT2D eigenvalue weighted by molar-refractivity contribution is -0.143. The van der Waals surface area contributed by atoms with Crippen LogP contribution in [0, 0.1) is 18.8 Å². The van der Waals surface area contributed by atoms with E-state index < -0.39 is 5.97 Å². The summed E-state index contributed by atoms with van der Waals surface area (Å²) < 4.78 is 0. The summed E-state index contributed by atoms with van der Waals surface area (Å²) in [6, 6.07) is 1.96. The van der Waals surface area contributed by atoms with Gasteiger partial charge in [0.15, 0.2) is 0 Å². The number of carboxylic acids is 1. The molecule has 2 N–H and O–H groups in total. The minimum absolute atomic E-state index is 0.00292. The lowest BCUT2D eigenvalue weighted by Crippen LogP contribution is -2.32. The van der Waals surface area contributed by atoms with Crippen LogP contribution in [0.1, 0.15) is 52.7 Å². The Labute approximate surface area is 129 Å². The van der Waals surface area contributed by atoms with Crippen molar-refractivity contribution in [2.45, 2.75) is 46.0 Å². The molecule has 0 saturated heterocycles. The van der Waals surface area contributed by atoms with Crippen LogP contribution in [-0.4, -0.2) is 23.5 Å². The number of carbonyl (C=O) groups is 2. The molecule has 2 rings (SSSR count). The Morgan fingerprint density at radius 3 is 2.52 bits per heavy atom. The summed E-state index contributed by atoms with van der Waals surface area (Å²) in [6.07, 6.45) is 4.20. The van der Waals surface area contributed by atoms with Crippen LogP contribution in [0.25, 0.3) is 0 Å². The third-order valence-electron chi connectivity index (χ3n) is 4.31. The number of aliphatic carboxylic acids is 1. The van der Waals surface area contributed by atoms with Crippen molar-refractivity contribution in [1.29, 1.82) is 0 Å². The summed E-state index contributed by atoms with van der Waals surface area (Å²) >= 11 is 1.57. The summed E-state index contributed by atoms with van der Waals surface area (Å²) in [5.41, 5.74) is 1.19. The topological polar surface area (TPSA) is 66.4 Å². The van der Waals surface area contributed by atoms with Crippen molar-refractivity contribution < 1.29 is 14.7 Å². The Morgan fingerprint density at radius 2 is 2.00 bits per heavy atom. The zero-order valence-corrected chi connectivity index (χ0v) is 13.5. The molecule has 1 aliphatic rings. The van der Waals surface area contributed by atoms with Crippen molar-refractivity contribution in [2.75, 3.05) is 6.54 Å². The van der Waals surface area contributed by atoms with Crippen molar-refractivity contribution in [2.24, 2.45) is 11.8 Å². The molecule has 5 heteroatoms. The van der Waals surface area contributed by atoms with Crippen LogP contribution in [-0.2, 0) is 11.2 Å². The van der Waals surface area contributed by atoms with E-state index >= 15 is 0 Å². The molecule has 1 aliphatic carbocycles. The number of hydrogen-bond acceptors (Lipinski definition) is 3. The third kappa shape index (κ3) is 4.06. The lowest BCUT2D eigenvalue weighted by Gasteiger charge is -2.26. The molecular formula is C16H23NO3S. The highest BCUT2D eigenvalue weighted by Gasteiger charge is 2.26. The Morgan fingerprint density at radius 1 is 1.33 bits per heavy atom. The molecule has 1 heterocycles. The average molecular weight is 309 g/mol. The van der Waals surface area contributed by atoms with Gasteiger partial charge in [-0.25, -0.2) is 0 Å². The summed E-state index contributed by atoms with van der Waals surface area (Å²) in [7, 11) is 0. The highest BCUT2D eigenvalue weighted by Crippen LogP contribution is 2.28. The lowest BCUT2D eigenvalue weighted by atomic mass is 9.82. The summed E-state index contributed by atoms with van der Waals surface area (Å²) in [6.45, 7) is 4.80. The fourth-order valence-corrected chi connectivity index (χ4v) is 3.95. The van der Waals surface area contributed by atoms with Gasteiger partial charge in [-0.05, 0) is 56.6 Å². The summed E-state index contributed by atoms with van der Waals surface area (Å²) in [5, 5.41) is 12.0. The molecule has 1 amide bonds. The predicted molar refractivity (Wildman–Crippen MR) is 83.9 cm³/mol. The standard InChI is InChI=1S/C16H23NO3S/c1-3-13-10(2)8-14(21-13)15(18)17-9-11-4-6-12(7-5-11)16(19)20/h8,11-12H,3-7,9H2,1-2H3,(H,17,18)(H,19,20). The first-order chi connectivity index (χ1) is 10.0. The second-order valence-electron chi connectivity index (χ2n) is 5.84. The van der Waals surface area contributed by atoms with Crippen LogP contribution >= 0.6 is 11.3 Å². The first-order valence-electron chi connectivity index (χ1n) is 7.61. The number of hydrogen-bond donors (Lipinski definition) is 2. The maximum absolute atomic E-state index is 12.1. The highest BCUT2D eigenvalue weighted by atomic mass is 32.1. The van der Waals surface area contributed by atoms with Gasteiger partial charge in [0.2, 0.25) is 0 Å². The van der Waals surface area contributed by atoms with Crippen molar-refractivity contribution in [3.8, 4) is 0 Å². The van der Waals surface area contributed by atoms with Crippen LogP contribution < -0.4 is 5.32 Å². The molecule has 1 aromatic heterocycles.